The van der Waals surface area contributed by atoms with Crippen LogP contribution in [0.2, 0.25) is 0 Å². The van der Waals surface area contributed by atoms with Gasteiger partial charge in [0.15, 0.2) is 16.8 Å². The van der Waals surface area contributed by atoms with Crippen molar-refractivity contribution < 1.29 is 13.5 Å². The fourth-order valence-electron chi connectivity index (χ4n) is 1.52. The third-order valence-corrected chi connectivity index (χ3v) is 3.56. The molecule has 2 aromatic rings. The van der Waals surface area contributed by atoms with Crippen LogP contribution in [-0.2, 0) is 5.75 Å². The number of benzene rings is 1. The summed E-state index contributed by atoms with van der Waals surface area (Å²) in [5, 5.41) is 0.431. The highest BCUT2D eigenvalue weighted by molar-refractivity contribution is 7.98. The Morgan fingerprint density at radius 2 is 2.14 bits per heavy atom. The summed E-state index contributed by atoms with van der Waals surface area (Å²) in [6.07, 6.45) is 1.40. The van der Waals surface area contributed by atoms with Gasteiger partial charge in [-0.15, -0.1) is 0 Å². The molecule has 0 spiro atoms. The van der Waals surface area contributed by atoms with Crippen molar-refractivity contribution in [2.75, 3.05) is 6.54 Å². The van der Waals surface area contributed by atoms with Crippen molar-refractivity contribution in [2.45, 2.75) is 23.9 Å². The summed E-state index contributed by atoms with van der Waals surface area (Å²) < 4.78 is 32.1. The van der Waals surface area contributed by atoms with Crippen molar-refractivity contribution >= 4 is 11.8 Å². The van der Waals surface area contributed by atoms with Crippen LogP contribution in [0.3, 0.4) is 0 Å². The smallest absolute Gasteiger partial charge is 0.217 e. The van der Waals surface area contributed by atoms with E-state index in [0.29, 0.717) is 17.6 Å². The van der Waals surface area contributed by atoms with E-state index in [1.807, 2.05) is 6.92 Å². The molecule has 21 heavy (non-hydrogen) atoms. The first kappa shape index (κ1) is 15.7. The lowest BCUT2D eigenvalue weighted by molar-refractivity contribution is 0.218. The Balaban J connectivity index is 2.03. The molecule has 1 atom stereocenters. The van der Waals surface area contributed by atoms with Crippen molar-refractivity contribution in [2.24, 2.45) is 5.73 Å². The molecular weight excluding hydrogens is 296 g/mol. The van der Waals surface area contributed by atoms with Crippen LogP contribution in [0.15, 0.2) is 35.6 Å². The molecule has 0 amide bonds. The van der Waals surface area contributed by atoms with Gasteiger partial charge >= 0.3 is 0 Å². The van der Waals surface area contributed by atoms with Crippen LogP contribution in [0.4, 0.5) is 8.78 Å². The lowest BCUT2D eigenvalue weighted by Gasteiger charge is -2.11. The van der Waals surface area contributed by atoms with Crippen LogP contribution >= 0.6 is 11.8 Å². The molecular formula is C14H15F2N3OS. The lowest BCUT2D eigenvalue weighted by atomic mass is 10.2. The second-order valence-corrected chi connectivity index (χ2v) is 5.29. The molecule has 1 aromatic carbocycles. The van der Waals surface area contributed by atoms with Crippen LogP contribution in [0, 0.1) is 11.6 Å². The van der Waals surface area contributed by atoms with E-state index in [9.17, 15) is 8.78 Å². The van der Waals surface area contributed by atoms with Gasteiger partial charge < -0.3 is 10.5 Å². The zero-order chi connectivity index (χ0) is 15.2. The average molecular weight is 311 g/mol. The Morgan fingerprint density at radius 3 is 2.90 bits per heavy atom. The number of hydrogen-bond acceptors (Lipinski definition) is 5. The van der Waals surface area contributed by atoms with Crippen LogP contribution < -0.4 is 10.5 Å². The van der Waals surface area contributed by atoms with Crippen molar-refractivity contribution in [3.8, 4) is 5.88 Å². The molecule has 2 N–H and O–H groups in total. The minimum absolute atomic E-state index is 0.154. The maximum absolute atomic E-state index is 13.5. The van der Waals surface area contributed by atoms with Crippen LogP contribution in [0.5, 0.6) is 5.88 Å². The van der Waals surface area contributed by atoms with E-state index < -0.39 is 11.6 Å². The van der Waals surface area contributed by atoms with E-state index in [0.717, 1.165) is 6.07 Å². The molecule has 0 saturated carbocycles. The molecule has 0 bridgehead atoms. The van der Waals surface area contributed by atoms with Crippen molar-refractivity contribution in [1.82, 2.24) is 9.97 Å². The summed E-state index contributed by atoms with van der Waals surface area (Å²) in [4.78, 5) is 8.25. The Bertz CT molecular complexity index is 613. The first-order chi connectivity index (χ1) is 10.1. The number of halogens is 2. The molecule has 0 fully saturated rings. The molecule has 112 valence electrons. The Labute approximate surface area is 125 Å². The number of rotatable bonds is 6. The van der Waals surface area contributed by atoms with Gasteiger partial charge in [-0.25, -0.2) is 13.8 Å². The van der Waals surface area contributed by atoms with Gasteiger partial charge in [0.05, 0.1) is 0 Å². The number of ether oxygens (including phenoxy) is 1. The summed E-state index contributed by atoms with van der Waals surface area (Å²) in [7, 11) is 0. The highest BCUT2D eigenvalue weighted by Crippen LogP contribution is 2.23. The summed E-state index contributed by atoms with van der Waals surface area (Å²) in [6, 6.07) is 5.71. The number of aromatic nitrogens is 2. The lowest BCUT2D eigenvalue weighted by Crippen LogP contribution is -2.23. The fourth-order valence-corrected chi connectivity index (χ4v) is 2.31. The van der Waals surface area contributed by atoms with Gasteiger partial charge in [-0.1, -0.05) is 23.9 Å². The highest BCUT2D eigenvalue weighted by Gasteiger charge is 2.10. The van der Waals surface area contributed by atoms with E-state index in [1.54, 1.807) is 12.3 Å². The van der Waals surface area contributed by atoms with Crippen molar-refractivity contribution in [3.05, 3.63) is 47.7 Å². The summed E-state index contributed by atoms with van der Waals surface area (Å²) >= 11 is 1.21. The molecule has 2 rings (SSSR count). The topological polar surface area (TPSA) is 61.0 Å². The van der Waals surface area contributed by atoms with Gasteiger partial charge in [-0.3, -0.25) is 0 Å². The van der Waals surface area contributed by atoms with Gasteiger partial charge in [0.1, 0.15) is 6.10 Å². The van der Waals surface area contributed by atoms with Crippen LogP contribution in [-0.4, -0.2) is 22.6 Å². The van der Waals surface area contributed by atoms with E-state index in [2.05, 4.69) is 9.97 Å². The number of nitrogens with two attached hydrogens (primary N) is 1. The molecule has 1 aromatic heterocycles. The third-order valence-electron chi connectivity index (χ3n) is 2.65. The zero-order valence-corrected chi connectivity index (χ0v) is 12.2. The minimum atomic E-state index is -0.858. The Morgan fingerprint density at radius 1 is 1.33 bits per heavy atom. The molecule has 0 unspecified atom stereocenters. The SMILES string of the molecule is C[C@H](CN)Oc1ccnc(SCc2cccc(F)c2F)n1. The zero-order valence-electron chi connectivity index (χ0n) is 11.4. The molecule has 1 heterocycles. The van der Waals surface area contributed by atoms with Crippen molar-refractivity contribution in [3.63, 3.8) is 0 Å². The van der Waals surface area contributed by atoms with Gasteiger partial charge in [0.25, 0.3) is 0 Å². The van der Waals surface area contributed by atoms with Gasteiger partial charge in [0, 0.05) is 30.1 Å². The monoisotopic (exact) mass is 311 g/mol. The predicted octanol–water partition coefficient (Wildman–Crippen LogP) is 2.77. The molecule has 0 aliphatic rings. The van der Waals surface area contributed by atoms with Gasteiger partial charge in [0.2, 0.25) is 5.88 Å². The Kier molecular flexibility index (Phi) is 5.46. The molecule has 0 aliphatic carbocycles. The second kappa shape index (κ2) is 7.33. The normalized spacial score (nSPS) is 12.2. The molecule has 0 radical (unpaired) electrons. The fraction of sp³-hybridized carbons (Fsp3) is 0.286. The summed E-state index contributed by atoms with van der Waals surface area (Å²) in [5.41, 5.74) is 5.74. The number of thioether (sulfide) groups is 1. The Hall–Kier alpha value is -1.73. The minimum Gasteiger partial charge on any atom is -0.473 e. The summed E-state index contributed by atoms with van der Waals surface area (Å²) in [5.74, 6) is -1.05. The highest BCUT2D eigenvalue weighted by atomic mass is 32.2. The largest absolute Gasteiger partial charge is 0.473 e. The van der Waals surface area contributed by atoms with E-state index in [-0.39, 0.29) is 17.4 Å². The molecule has 0 aliphatic heterocycles. The maximum atomic E-state index is 13.5. The predicted molar refractivity (Wildman–Crippen MR) is 77.1 cm³/mol. The second-order valence-electron chi connectivity index (χ2n) is 4.34. The third kappa shape index (κ3) is 4.37. The quantitative estimate of drug-likeness (QED) is 0.656. The summed E-state index contributed by atoms with van der Waals surface area (Å²) in [6.45, 7) is 2.21. The van der Waals surface area contributed by atoms with Crippen LogP contribution in [0.1, 0.15) is 12.5 Å². The van der Waals surface area contributed by atoms with Gasteiger partial charge in [-0.2, -0.15) is 4.98 Å². The first-order valence-corrected chi connectivity index (χ1v) is 7.34. The van der Waals surface area contributed by atoms with E-state index in [4.69, 9.17) is 10.5 Å². The molecule has 7 heteroatoms. The van der Waals surface area contributed by atoms with Crippen LogP contribution in [0.25, 0.3) is 0 Å². The maximum Gasteiger partial charge on any atom is 0.217 e. The van der Waals surface area contributed by atoms with Crippen molar-refractivity contribution in [1.29, 1.82) is 0 Å². The van der Waals surface area contributed by atoms with Gasteiger partial charge in [-0.05, 0) is 13.0 Å². The van der Waals surface area contributed by atoms with E-state index in [1.165, 1.54) is 23.9 Å². The van der Waals surface area contributed by atoms with E-state index >= 15 is 0 Å². The number of nitrogens with zero attached hydrogens (tertiary/aromatic N) is 2. The first-order valence-electron chi connectivity index (χ1n) is 6.35. The molecule has 4 nitrogen and oxygen atoms in total. The number of hydrogen-bond donors (Lipinski definition) is 1. The standard InChI is InChI=1S/C14H15F2N3OS/c1-9(7-17)20-12-5-6-18-14(19-12)21-8-10-3-2-4-11(15)13(10)16/h2-6,9H,7-8,17H2,1H3/t9-/m1/s1. The average Bonchev–Trinajstić information content (AvgIpc) is 2.49. The molecule has 0 saturated heterocycles.